The monoisotopic (exact) mass is 366 g/mol. The van der Waals surface area contributed by atoms with Crippen LogP contribution in [0.15, 0.2) is 57.7 Å². The van der Waals surface area contributed by atoms with Gasteiger partial charge in [-0.15, -0.1) is 0 Å². The second-order valence-corrected chi connectivity index (χ2v) is 6.18. The van der Waals surface area contributed by atoms with Crippen LogP contribution in [0, 0.1) is 6.92 Å². The molecule has 1 atom stereocenters. The Kier molecular flexibility index (Phi) is 5.60. The van der Waals surface area contributed by atoms with Crippen LogP contribution in [-0.4, -0.2) is 18.7 Å². The van der Waals surface area contributed by atoms with Crippen molar-refractivity contribution in [3.05, 3.63) is 64.5 Å². The van der Waals surface area contributed by atoms with E-state index in [0.717, 1.165) is 16.5 Å². The maximum Gasteiger partial charge on any atom is 0.347 e. The predicted molar refractivity (Wildman–Crippen MR) is 104 cm³/mol. The van der Waals surface area contributed by atoms with Gasteiger partial charge in [-0.2, -0.15) is 0 Å². The first kappa shape index (κ1) is 18.7. The molecule has 0 saturated carbocycles. The van der Waals surface area contributed by atoms with Crippen LogP contribution in [-0.2, 0) is 9.53 Å². The largest absolute Gasteiger partial charge is 0.478 e. The molecular formula is C22H22O5. The SMILES string of the molecule is CCOC(=O)[C@H](CC)Oc1ccc2c(-c3ccccc3)cc(=O)oc2c1C. The average molecular weight is 366 g/mol. The fourth-order valence-corrected chi connectivity index (χ4v) is 3.01. The topological polar surface area (TPSA) is 65.7 Å². The summed E-state index contributed by atoms with van der Waals surface area (Å²) in [4.78, 5) is 24.2. The number of ether oxygens (including phenoxy) is 2. The summed E-state index contributed by atoms with van der Waals surface area (Å²) >= 11 is 0. The highest BCUT2D eigenvalue weighted by Gasteiger charge is 2.22. The number of esters is 1. The standard InChI is InChI=1S/C22H22O5/c1-4-18(22(24)25-5-2)26-19-12-11-16-17(15-9-7-6-8-10-15)13-20(23)27-21(16)14(19)3/h6-13,18H,4-5H2,1-3H3/t18-/m0/s1. The van der Waals surface area contributed by atoms with Crippen LogP contribution in [0.2, 0.25) is 0 Å². The summed E-state index contributed by atoms with van der Waals surface area (Å²) in [6, 6.07) is 14.8. The van der Waals surface area contributed by atoms with Gasteiger partial charge in [-0.3, -0.25) is 0 Å². The van der Waals surface area contributed by atoms with Crippen molar-refractivity contribution in [2.45, 2.75) is 33.3 Å². The zero-order valence-electron chi connectivity index (χ0n) is 15.7. The van der Waals surface area contributed by atoms with Gasteiger partial charge in [-0.25, -0.2) is 9.59 Å². The first-order chi connectivity index (χ1) is 13.0. The number of fused-ring (bicyclic) bond motifs is 1. The molecule has 0 amide bonds. The minimum atomic E-state index is -0.704. The van der Waals surface area contributed by atoms with Crippen molar-refractivity contribution < 1.29 is 18.7 Å². The summed E-state index contributed by atoms with van der Waals surface area (Å²) in [6.45, 7) is 5.72. The van der Waals surface area contributed by atoms with Crippen molar-refractivity contribution >= 4 is 16.9 Å². The molecule has 140 valence electrons. The second kappa shape index (κ2) is 8.08. The molecule has 0 saturated heterocycles. The number of benzene rings is 2. The molecule has 3 aromatic rings. The molecule has 0 radical (unpaired) electrons. The lowest BCUT2D eigenvalue weighted by Gasteiger charge is -2.18. The zero-order chi connectivity index (χ0) is 19.4. The normalized spacial score (nSPS) is 12.0. The van der Waals surface area contributed by atoms with E-state index in [1.54, 1.807) is 13.0 Å². The highest BCUT2D eigenvalue weighted by molar-refractivity contribution is 5.95. The lowest BCUT2D eigenvalue weighted by atomic mass is 10.00. The van der Waals surface area contributed by atoms with Crippen LogP contribution in [0.3, 0.4) is 0 Å². The van der Waals surface area contributed by atoms with Crippen LogP contribution < -0.4 is 10.4 Å². The van der Waals surface area contributed by atoms with Crippen molar-refractivity contribution in [1.29, 1.82) is 0 Å². The molecule has 5 heteroatoms. The Balaban J connectivity index is 2.08. The molecule has 5 nitrogen and oxygen atoms in total. The maximum atomic E-state index is 12.1. The smallest absolute Gasteiger partial charge is 0.347 e. The molecule has 2 aromatic carbocycles. The zero-order valence-corrected chi connectivity index (χ0v) is 15.7. The van der Waals surface area contributed by atoms with Crippen molar-refractivity contribution in [3.63, 3.8) is 0 Å². The molecule has 0 N–H and O–H groups in total. The molecule has 0 aliphatic carbocycles. The van der Waals surface area contributed by atoms with Gasteiger partial charge in [0.05, 0.1) is 6.61 Å². The number of rotatable bonds is 6. The van der Waals surface area contributed by atoms with Gasteiger partial charge in [0.2, 0.25) is 0 Å². The van der Waals surface area contributed by atoms with Crippen molar-refractivity contribution in [3.8, 4) is 16.9 Å². The fourth-order valence-electron chi connectivity index (χ4n) is 3.01. The first-order valence-corrected chi connectivity index (χ1v) is 9.01. The molecule has 0 spiro atoms. The summed E-state index contributed by atoms with van der Waals surface area (Å²) in [5, 5.41) is 0.815. The van der Waals surface area contributed by atoms with Crippen LogP contribution in [0.4, 0.5) is 0 Å². The van der Waals surface area contributed by atoms with E-state index in [-0.39, 0.29) is 0 Å². The third-order valence-electron chi connectivity index (χ3n) is 4.39. The third kappa shape index (κ3) is 3.87. The molecule has 0 aliphatic rings. The summed E-state index contributed by atoms with van der Waals surface area (Å²) in [7, 11) is 0. The molecule has 0 fully saturated rings. The van der Waals surface area contributed by atoms with Crippen LogP contribution in [0.25, 0.3) is 22.1 Å². The van der Waals surface area contributed by atoms with Gasteiger partial charge in [0.15, 0.2) is 6.10 Å². The van der Waals surface area contributed by atoms with E-state index in [9.17, 15) is 9.59 Å². The number of hydrogen-bond acceptors (Lipinski definition) is 5. The van der Waals surface area contributed by atoms with E-state index in [4.69, 9.17) is 13.9 Å². The number of carbonyl (C=O) groups is 1. The Morgan fingerprint density at radius 1 is 1.11 bits per heavy atom. The van der Waals surface area contributed by atoms with E-state index < -0.39 is 17.7 Å². The van der Waals surface area contributed by atoms with E-state index in [1.165, 1.54) is 6.07 Å². The highest BCUT2D eigenvalue weighted by atomic mass is 16.6. The van der Waals surface area contributed by atoms with Crippen molar-refractivity contribution in [2.24, 2.45) is 0 Å². The molecule has 27 heavy (non-hydrogen) atoms. The first-order valence-electron chi connectivity index (χ1n) is 9.01. The lowest BCUT2D eigenvalue weighted by molar-refractivity contribution is -0.151. The number of carbonyl (C=O) groups excluding carboxylic acids is 1. The van der Waals surface area contributed by atoms with Crippen LogP contribution in [0.1, 0.15) is 25.8 Å². The Labute approximate surface area is 157 Å². The molecule has 0 unspecified atom stereocenters. The minimum absolute atomic E-state index is 0.296. The Morgan fingerprint density at radius 2 is 1.85 bits per heavy atom. The van der Waals surface area contributed by atoms with Gasteiger partial charge >= 0.3 is 11.6 Å². The Bertz CT molecular complexity index is 1000. The van der Waals surface area contributed by atoms with Gasteiger partial charge in [-0.05, 0) is 43.5 Å². The fraction of sp³-hybridized carbons (Fsp3) is 0.273. The highest BCUT2D eigenvalue weighted by Crippen LogP contribution is 2.33. The second-order valence-electron chi connectivity index (χ2n) is 6.18. The van der Waals surface area contributed by atoms with Gasteiger partial charge in [0, 0.05) is 17.0 Å². The third-order valence-corrected chi connectivity index (χ3v) is 4.39. The molecule has 0 bridgehead atoms. The minimum Gasteiger partial charge on any atom is -0.478 e. The summed E-state index contributed by atoms with van der Waals surface area (Å²) < 4.78 is 16.4. The molecule has 1 aromatic heterocycles. The maximum absolute atomic E-state index is 12.1. The van der Waals surface area contributed by atoms with E-state index in [2.05, 4.69) is 0 Å². The number of hydrogen-bond donors (Lipinski definition) is 0. The van der Waals surface area contributed by atoms with Gasteiger partial charge < -0.3 is 13.9 Å². The molecule has 0 aliphatic heterocycles. The number of aryl methyl sites for hydroxylation is 1. The van der Waals surface area contributed by atoms with Crippen LogP contribution in [0.5, 0.6) is 5.75 Å². The van der Waals surface area contributed by atoms with E-state index >= 15 is 0 Å². The predicted octanol–water partition coefficient (Wildman–Crippen LogP) is 4.49. The Hall–Kier alpha value is -3.08. The summed E-state index contributed by atoms with van der Waals surface area (Å²) in [5.74, 6) is 0.0924. The lowest BCUT2D eigenvalue weighted by Crippen LogP contribution is -2.29. The summed E-state index contributed by atoms with van der Waals surface area (Å²) in [5.41, 5.74) is 2.43. The molecule has 1 heterocycles. The molecular weight excluding hydrogens is 344 g/mol. The van der Waals surface area contributed by atoms with Crippen molar-refractivity contribution in [2.75, 3.05) is 6.61 Å². The molecule has 3 rings (SSSR count). The van der Waals surface area contributed by atoms with Gasteiger partial charge in [0.25, 0.3) is 0 Å². The summed E-state index contributed by atoms with van der Waals surface area (Å²) in [6.07, 6.45) is -0.227. The van der Waals surface area contributed by atoms with Crippen molar-refractivity contribution in [1.82, 2.24) is 0 Å². The van der Waals surface area contributed by atoms with Gasteiger partial charge in [0.1, 0.15) is 11.3 Å². The van der Waals surface area contributed by atoms with E-state index in [0.29, 0.717) is 29.9 Å². The van der Waals surface area contributed by atoms with Crippen LogP contribution >= 0.6 is 0 Å². The van der Waals surface area contributed by atoms with Gasteiger partial charge in [-0.1, -0.05) is 37.3 Å². The average Bonchev–Trinajstić information content (AvgIpc) is 2.68. The quantitative estimate of drug-likeness (QED) is 0.475. The Morgan fingerprint density at radius 3 is 2.52 bits per heavy atom. The van der Waals surface area contributed by atoms with E-state index in [1.807, 2.05) is 50.2 Å².